The zero-order chi connectivity index (χ0) is 28.1. The number of fused-ring (bicyclic) bond motifs is 2. The van der Waals surface area contributed by atoms with Gasteiger partial charge in [-0.1, -0.05) is 51.6 Å². The number of nitrogens with zero attached hydrogens (tertiary/aromatic N) is 2. The second-order valence-electron chi connectivity index (χ2n) is 10.8. The van der Waals surface area contributed by atoms with E-state index in [1.165, 1.54) is 54.3 Å². The van der Waals surface area contributed by atoms with Crippen LogP contribution < -0.4 is 4.90 Å². The lowest BCUT2D eigenvalue weighted by molar-refractivity contribution is -0.120. The summed E-state index contributed by atoms with van der Waals surface area (Å²) < 4.78 is 1.27. The third-order valence-electron chi connectivity index (χ3n) is 8.62. The van der Waals surface area contributed by atoms with E-state index in [0.29, 0.717) is 0 Å². The third-order valence-corrected chi connectivity index (χ3v) is 10.3. The van der Waals surface area contributed by atoms with Gasteiger partial charge >= 0.3 is 0 Å². The lowest BCUT2D eigenvalue weighted by Gasteiger charge is -2.51. The van der Waals surface area contributed by atoms with Crippen molar-refractivity contribution in [1.82, 2.24) is 4.57 Å². The molecule has 0 fully saturated rings. The molecule has 5 nitrogen and oxygen atoms in total. The molecule has 2 atom stereocenters. The normalized spacial score (nSPS) is 21.1. The SMILES string of the molecule is C=C(C)C1C(CC)=C(CC)SC2=C1c1cc(C)c(C)c(CC)c1N(C(=O)Cn1c(O)ccc1O)C2(C)CC. The maximum Gasteiger partial charge on any atom is 0.248 e. The summed E-state index contributed by atoms with van der Waals surface area (Å²) in [5.41, 5.74) is 8.94. The number of hydrogen-bond donors (Lipinski definition) is 2. The zero-order valence-electron chi connectivity index (χ0n) is 24.2. The number of aromatic nitrogens is 1. The number of amides is 1. The van der Waals surface area contributed by atoms with Crippen LogP contribution in [-0.4, -0.2) is 26.2 Å². The van der Waals surface area contributed by atoms with Gasteiger partial charge in [-0.05, 0) is 92.2 Å². The number of benzene rings is 1. The van der Waals surface area contributed by atoms with Crippen LogP contribution in [-0.2, 0) is 17.8 Å². The summed E-state index contributed by atoms with van der Waals surface area (Å²) in [5.74, 6) is -0.296. The van der Waals surface area contributed by atoms with E-state index in [9.17, 15) is 15.0 Å². The molecule has 2 unspecified atom stereocenters. The molecular weight excluding hydrogens is 492 g/mol. The highest BCUT2D eigenvalue weighted by molar-refractivity contribution is 8.07. The molecule has 3 heterocycles. The van der Waals surface area contributed by atoms with Gasteiger partial charge in [-0.3, -0.25) is 14.3 Å². The minimum Gasteiger partial charge on any atom is -0.494 e. The molecule has 2 N–H and O–H groups in total. The Morgan fingerprint density at radius 1 is 1.08 bits per heavy atom. The second kappa shape index (κ2) is 10.4. The number of carbonyl (C=O) groups is 1. The summed E-state index contributed by atoms with van der Waals surface area (Å²) in [7, 11) is 0. The fourth-order valence-corrected chi connectivity index (χ4v) is 7.96. The first-order valence-corrected chi connectivity index (χ1v) is 14.6. The van der Waals surface area contributed by atoms with Crippen molar-refractivity contribution in [2.75, 3.05) is 4.90 Å². The molecule has 0 bridgehead atoms. The molecule has 2 aliphatic heterocycles. The first kappa shape index (κ1) is 28.2. The number of anilines is 1. The Morgan fingerprint density at radius 3 is 2.21 bits per heavy atom. The monoisotopic (exact) mass is 534 g/mol. The zero-order valence-corrected chi connectivity index (χ0v) is 25.0. The Bertz CT molecular complexity index is 1360. The summed E-state index contributed by atoms with van der Waals surface area (Å²) in [5, 5.41) is 20.7. The van der Waals surface area contributed by atoms with E-state index < -0.39 is 5.54 Å². The summed E-state index contributed by atoms with van der Waals surface area (Å²) >= 11 is 1.84. The number of carbonyl (C=O) groups excluding carboxylic acids is 1. The molecule has 1 amide bonds. The average molecular weight is 535 g/mol. The number of thioether (sulfide) groups is 1. The predicted molar refractivity (Wildman–Crippen MR) is 160 cm³/mol. The van der Waals surface area contributed by atoms with E-state index >= 15 is 0 Å². The lowest BCUT2D eigenvalue weighted by Crippen LogP contribution is -2.55. The van der Waals surface area contributed by atoms with Gasteiger partial charge in [-0.15, -0.1) is 0 Å². The van der Waals surface area contributed by atoms with Gasteiger partial charge in [-0.25, -0.2) is 0 Å². The van der Waals surface area contributed by atoms with Crippen LogP contribution in [0.5, 0.6) is 11.8 Å². The van der Waals surface area contributed by atoms with Crippen molar-refractivity contribution in [3.8, 4) is 11.8 Å². The molecule has 38 heavy (non-hydrogen) atoms. The number of rotatable bonds is 7. The van der Waals surface area contributed by atoms with Gasteiger partial charge in [0.05, 0.1) is 11.2 Å². The Balaban J connectivity index is 2.08. The molecule has 4 rings (SSSR count). The van der Waals surface area contributed by atoms with Crippen molar-refractivity contribution < 1.29 is 15.0 Å². The molecule has 0 spiro atoms. The molecule has 0 radical (unpaired) electrons. The Labute approximate surface area is 231 Å². The molecule has 2 aromatic rings. The first-order valence-electron chi connectivity index (χ1n) is 13.8. The van der Waals surface area contributed by atoms with Gasteiger partial charge in [0.25, 0.3) is 0 Å². The van der Waals surface area contributed by atoms with E-state index in [1.807, 2.05) is 16.7 Å². The quantitative estimate of drug-likeness (QED) is 0.353. The van der Waals surface area contributed by atoms with Crippen molar-refractivity contribution in [2.24, 2.45) is 5.92 Å². The highest BCUT2D eigenvalue weighted by Crippen LogP contribution is 2.60. The maximum absolute atomic E-state index is 14.4. The van der Waals surface area contributed by atoms with E-state index in [4.69, 9.17) is 0 Å². The third kappa shape index (κ3) is 4.12. The van der Waals surface area contributed by atoms with Crippen molar-refractivity contribution >= 4 is 28.9 Å². The Morgan fingerprint density at radius 2 is 1.71 bits per heavy atom. The molecule has 204 valence electrons. The van der Waals surface area contributed by atoms with Gasteiger partial charge in [-0.2, -0.15) is 0 Å². The predicted octanol–water partition coefficient (Wildman–Crippen LogP) is 8.02. The van der Waals surface area contributed by atoms with Crippen LogP contribution in [0.1, 0.15) is 83.1 Å². The van der Waals surface area contributed by atoms with Crippen LogP contribution in [0.4, 0.5) is 5.69 Å². The van der Waals surface area contributed by atoms with Crippen LogP contribution in [0.2, 0.25) is 0 Å². The topological polar surface area (TPSA) is 65.7 Å². The van der Waals surface area contributed by atoms with Crippen molar-refractivity contribution in [3.63, 3.8) is 0 Å². The lowest BCUT2D eigenvalue weighted by atomic mass is 9.72. The molecule has 0 aliphatic carbocycles. The van der Waals surface area contributed by atoms with Gasteiger partial charge in [0.15, 0.2) is 11.8 Å². The fourth-order valence-electron chi connectivity index (χ4n) is 6.38. The van der Waals surface area contributed by atoms with Crippen LogP contribution in [0.25, 0.3) is 5.57 Å². The Kier molecular flexibility index (Phi) is 7.68. The van der Waals surface area contributed by atoms with Crippen LogP contribution in [0.3, 0.4) is 0 Å². The fraction of sp³-hybridized carbons (Fsp3) is 0.469. The first-order chi connectivity index (χ1) is 18.0. The number of hydrogen-bond acceptors (Lipinski definition) is 4. The van der Waals surface area contributed by atoms with Crippen LogP contribution in [0.15, 0.2) is 45.7 Å². The number of aryl methyl sites for hydroxylation is 1. The van der Waals surface area contributed by atoms with Crippen LogP contribution >= 0.6 is 11.8 Å². The largest absolute Gasteiger partial charge is 0.494 e. The average Bonchev–Trinajstić information content (AvgIpc) is 3.20. The Hall–Kier alpha value is -2.86. The maximum atomic E-state index is 14.4. The van der Waals surface area contributed by atoms with Gasteiger partial charge < -0.3 is 10.2 Å². The minimum atomic E-state index is -0.596. The highest BCUT2D eigenvalue weighted by Gasteiger charge is 2.49. The summed E-state index contributed by atoms with van der Waals surface area (Å²) in [6, 6.07) is 5.09. The van der Waals surface area contributed by atoms with Crippen molar-refractivity contribution in [3.05, 3.63) is 68.0 Å². The number of allylic oxidation sites excluding steroid dienone is 4. The highest BCUT2D eigenvalue weighted by atomic mass is 32.2. The van der Waals surface area contributed by atoms with Crippen LogP contribution in [0, 0.1) is 19.8 Å². The van der Waals surface area contributed by atoms with E-state index in [0.717, 1.165) is 42.5 Å². The molecule has 0 saturated carbocycles. The van der Waals surface area contributed by atoms with E-state index in [-0.39, 0.29) is 30.1 Å². The summed E-state index contributed by atoms with van der Waals surface area (Å²) in [6.45, 7) is 21.7. The van der Waals surface area contributed by atoms with E-state index in [2.05, 4.69) is 68.0 Å². The van der Waals surface area contributed by atoms with Crippen molar-refractivity contribution in [2.45, 2.75) is 93.2 Å². The summed E-state index contributed by atoms with van der Waals surface area (Å²) in [4.78, 5) is 18.9. The summed E-state index contributed by atoms with van der Waals surface area (Å²) in [6.07, 6.45) is 3.42. The molecule has 0 saturated heterocycles. The van der Waals surface area contributed by atoms with Gasteiger partial charge in [0.2, 0.25) is 5.91 Å². The number of aromatic hydroxyl groups is 2. The molecule has 6 heteroatoms. The molecule has 1 aromatic heterocycles. The van der Waals surface area contributed by atoms with Gasteiger partial charge in [0, 0.05) is 28.5 Å². The molecular formula is C32H42N2O3S. The van der Waals surface area contributed by atoms with E-state index in [1.54, 1.807) is 0 Å². The standard InChI is InChI=1S/C32H42N2O3S/c1-10-21-20(8)19(7)16-23-29-28(18(5)6)22(11-2)24(12-3)38-31(29)32(9,13-4)34(30(21)23)27(37)17-33-25(35)14-15-26(33)36/h14-16,28,35-36H,5,10-13,17H2,1-4,6-9H3. The van der Waals surface area contributed by atoms with Crippen molar-refractivity contribution in [1.29, 1.82) is 0 Å². The molecule has 1 aromatic carbocycles. The second-order valence-corrected chi connectivity index (χ2v) is 11.9. The smallest absolute Gasteiger partial charge is 0.248 e. The van der Waals surface area contributed by atoms with Gasteiger partial charge in [0.1, 0.15) is 6.54 Å². The minimum absolute atomic E-state index is 0.109. The molecule has 2 aliphatic rings.